The maximum atomic E-state index is 10.7. The van der Waals surface area contributed by atoms with Crippen molar-refractivity contribution in [3.05, 3.63) is 0 Å². The number of hydrogen-bond donors (Lipinski definition) is 2. The molecule has 4 heteroatoms. The first-order valence-electron chi connectivity index (χ1n) is 3.74. The maximum Gasteiger partial charge on any atom is 0.306 e. The van der Waals surface area contributed by atoms with Gasteiger partial charge in [0.15, 0.2) is 0 Å². The number of carbonyl (C=O) groups excluding carboxylic acids is 1. The Hall–Kier alpha value is -0.610. The van der Waals surface area contributed by atoms with Crippen molar-refractivity contribution in [2.75, 3.05) is 0 Å². The van der Waals surface area contributed by atoms with Crippen LogP contribution in [0.5, 0.6) is 0 Å². The Morgan fingerprint density at radius 3 is 2.82 bits per heavy atom. The molecule has 0 amide bonds. The summed E-state index contributed by atoms with van der Waals surface area (Å²) >= 11 is 0. The quantitative estimate of drug-likeness (QED) is 0.446. The van der Waals surface area contributed by atoms with Gasteiger partial charge < -0.3 is 14.9 Å². The minimum atomic E-state index is -0.869. The van der Waals surface area contributed by atoms with E-state index < -0.39 is 18.3 Å². The average Bonchev–Trinajstić information content (AvgIpc) is 2.37. The Bertz CT molecular complexity index is 191. The molecular weight excluding hydrogens is 148 g/mol. The summed E-state index contributed by atoms with van der Waals surface area (Å²) in [6, 6.07) is 0. The van der Waals surface area contributed by atoms with E-state index in [-0.39, 0.29) is 11.9 Å². The zero-order chi connectivity index (χ0) is 8.01. The molecule has 1 heterocycles. The Morgan fingerprint density at radius 1 is 1.45 bits per heavy atom. The van der Waals surface area contributed by atoms with Crippen LogP contribution in [0.3, 0.4) is 0 Å². The van der Waals surface area contributed by atoms with Crippen molar-refractivity contribution >= 4 is 5.97 Å². The van der Waals surface area contributed by atoms with Crippen molar-refractivity contribution in [3.8, 4) is 0 Å². The second-order valence-electron chi connectivity index (χ2n) is 3.21. The molecule has 0 spiro atoms. The van der Waals surface area contributed by atoms with Gasteiger partial charge in [0.1, 0.15) is 12.2 Å². The van der Waals surface area contributed by atoms with E-state index in [1.807, 2.05) is 0 Å². The molecule has 2 aliphatic rings. The molecule has 1 saturated carbocycles. The predicted octanol–water partition coefficient (Wildman–Crippen LogP) is -0.956. The molecule has 1 aliphatic carbocycles. The molecule has 62 valence electrons. The van der Waals surface area contributed by atoms with Gasteiger partial charge in [-0.2, -0.15) is 0 Å². The first-order valence-corrected chi connectivity index (χ1v) is 3.74. The molecule has 4 nitrogen and oxygen atoms in total. The molecule has 0 bridgehead atoms. The van der Waals surface area contributed by atoms with Crippen LogP contribution in [0.4, 0.5) is 0 Å². The van der Waals surface area contributed by atoms with Gasteiger partial charge in [-0.3, -0.25) is 4.79 Å². The van der Waals surface area contributed by atoms with Gasteiger partial charge in [-0.1, -0.05) is 0 Å². The van der Waals surface area contributed by atoms with Gasteiger partial charge in [-0.05, 0) is 6.42 Å². The first-order chi connectivity index (χ1) is 5.18. The van der Waals surface area contributed by atoms with Crippen LogP contribution in [0.2, 0.25) is 0 Å². The maximum absolute atomic E-state index is 10.7. The molecule has 11 heavy (non-hydrogen) atoms. The summed E-state index contributed by atoms with van der Waals surface area (Å²) < 4.78 is 4.82. The molecule has 0 aromatic heterocycles. The molecule has 0 aromatic rings. The third-order valence-electron chi connectivity index (χ3n) is 2.44. The monoisotopic (exact) mass is 158 g/mol. The number of rotatable bonds is 0. The van der Waals surface area contributed by atoms with Gasteiger partial charge in [0.25, 0.3) is 0 Å². The number of esters is 1. The lowest BCUT2D eigenvalue weighted by molar-refractivity contribution is -0.146. The van der Waals surface area contributed by atoms with E-state index in [4.69, 9.17) is 9.84 Å². The lowest BCUT2D eigenvalue weighted by Crippen LogP contribution is -2.30. The number of aliphatic hydroxyl groups is 2. The molecule has 4 atom stereocenters. The number of carbonyl (C=O) groups is 1. The molecule has 2 fully saturated rings. The summed E-state index contributed by atoms with van der Waals surface area (Å²) in [6.07, 6.45) is -1.20. The van der Waals surface area contributed by atoms with Crippen molar-refractivity contribution in [1.29, 1.82) is 0 Å². The summed E-state index contributed by atoms with van der Waals surface area (Å²) in [5, 5.41) is 18.4. The summed E-state index contributed by atoms with van der Waals surface area (Å²) in [5.41, 5.74) is 0. The van der Waals surface area contributed by atoms with E-state index in [2.05, 4.69) is 0 Å². The topological polar surface area (TPSA) is 66.8 Å². The smallest absolute Gasteiger partial charge is 0.306 e. The summed E-state index contributed by atoms with van der Waals surface area (Å²) in [6.45, 7) is 0. The van der Waals surface area contributed by atoms with Crippen LogP contribution < -0.4 is 0 Å². The van der Waals surface area contributed by atoms with Crippen LogP contribution in [0.1, 0.15) is 12.8 Å². The van der Waals surface area contributed by atoms with Crippen LogP contribution in [-0.4, -0.2) is 34.5 Å². The van der Waals surface area contributed by atoms with Crippen LogP contribution in [0, 0.1) is 5.92 Å². The minimum Gasteiger partial charge on any atom is -0.459 e. The normalized spacial score (nSPS) is 49.1. The number of ether oxygens (including phenoxy) is 1. The van der Waals surface area contributed by atoms with Gasteiger partial charge in [0, 0.05) is 5.92 Å². The minimum absolute atomic E-state index is 0.0347. The SMILES string of the molecule is O=C1C[C@H]2C[C@@H](O)[C@@H](O)[C@H]2O1. The third kappa shape index (κ3) is 0.937. The Kier molecular flexibility index (Phi) is 1.40. The second kappa shape index (κ2) is 2.19. The van der Waals surface area contributed by atoms with Gasteiger partial charge in [0.2, 0.25) is 0 Å². The fourth-order valence-corrected chi connectivity index (χ4v) is 1.86. The van der Waals surface area contributed by atoms with Gasteiger partial charge in [-0.25, -0.2) is 0 Å². The highest BCUT2D eigenvalue weighted by molar-refractivity contribution is 5.72. The van der Waals surface area contributed by atoms with E-state index in [0.29, 0.717) is 12.8 Å². The van der Waals surface area contributed by atoms with Gasteiger partial charge in [-0.15, -0.1) is 0 Å². The molecule has 2 N–H and O–H groups in total. The average molecular weight is 158 g/mol. The molecule has 0 unspecified atom stereocenters. The van der Waals surface area contributed by atoms with Crippen molar-refractivity contribution in [2.24, 2.45) is 5.92 Å². The largest absolute Gasteiger partial charge is 0.459 e. The van der Waals surface area contributed by atoms with E-state index in [9.17, 15) is 9.90 Å². The zero-order valence-electron chi connectivity index (χ0n) is 5.93. The molecule has 2 rings (SSSR count). The van der Waals surface area contributed by atoms with Crippen molar-refractivity contribution in [3.63, 3.8) is 0 Å². The molecule has 0 radical (unpaired) electrons. The number of fused-ring (bicyclic) bond motifs is 1. The van der Waals surface area contributed by atoms with E-state index in [0.717, 1.165) is 0 Å². The lowest BCUT2D eigenvalue weighted by Gasteiger charge is -2.13. The van der Waals surface area contributed by atoms with Crippen LogP contribution in [0.15, 0.2) is 0 Å². The van der Waals surface area contributed by atoms with E-state index in [1.165, 1.54) is 0 Å². The molecular formula is C7H10O4. The van der Waals surface area contributed by atoms with Crippen LogP contribution in [-0.2, 0) is 9.53 Å². The zero-order valence-corrected chi connectivity index (χ0v) is 5.93. The van der Waals surface area contributed by atoms with E-state index >= 15 is 0 Å². The van der Waals surface area contributed by atoms with Gasteiger partial charge in [0.05, 0.1) is 12.5 Å². The molecule has 1 aliphatic heterocycles. The second-order valence-corrected chi connectivity index (χ2v) is 3.21. The molecule has 1 saturated heterocycles. The lowest BCUT2D eigenvalue weighted by atomic mass is 10.1. The summed E-state index contributed by atoms with van der Waals surface area (Å²) in [5.74, 6) is -0.224. The Labute approximate surface area is 63.8 Å². The fourth-order valence-electron chi connectivity index (χ4n) is 1.86. The highest BCUT2D eigenvalue weighted by Gasteiger charge is 2.49. The van der Waals surface area contributed by atoms with Crippen molar-refractivity contribution in [2.45, 2.75) is 31.2 Å². The summed E-state index contributed by atoms with van der Waals surface area (Å²) in [4.78, 5) is 10.7. The Balaban J connectivity index is 2.13. The highest BCUT2D eigenvalue weighted by Crippen LogP contribution is 2.36. The van der Waals surface area contributed by atoms with Crippen molar-refractivity contribution < 1.29 is 19.7 Å². The fraction of sp³-hybridized carbons (Fsp3) is 0.857. The first kappa shape index (κ1) is 7.06. The van der Waals surface area contributed by atoms with Crippen LogP contribution in [0.25, 0.3) is 0 Å². The summed E-state index contributed by atoms with van der Waals surface area (Å²) in [7, 11) is 0. The Morgan fingerprint density at radius 2 is 2.18 bits per heavy atom. The molecule has 0 aromatic carbocycles. The van der Waals surface area contributed by atoms with E-state index in [1.54, 1.807) is 0 Å². The standard InChI is InChI=1S/C7H10O4/c8-4-1-3-2-5(9)11-7(3)6(4)10/h3-4,6-8,10H,1-2H2/t3-,4-,6-,7+/m1/s1. The predicted molar refractivity (Wildman–Crippen MR) is 34.6 cm³/mol. The number of aliphatic hydroxyl groups excluding tert-OH is 2. The number of hydrogen-bond acceptors (Lipinski definition) is 4. The highest BCUT2D eigenvalue weighted by atomic mass is 16.6. The van der Waals surface area contributed by atoms with Crippen molar-refractivity contribution in [1.82, 2.24) is 0 Å². The van der Waals surface area contributed by atoms with Crippen LogP contribution >= 0.6 is 0 Å². The van der Waals surface area contributed by atoms with Gasteiger partial charge >= 0.3 is 5.97 Å². The third-order valence-corrected chi connectivity index (χ3v) is 2.44.